The fraction of sp³-hybridized carbons (Fsp3) is 0.897. The Kier molecular flexibility index (Phi) is 9.09. The normalized spacial score (nSPS) is 45.3. The van der Waals surface area contributed by atoms with Gasteiger partial charge in [-0.1, -0.05) is 90.2 Å². The number of carboxylic acid groups (broad SMARTS) is 1. The minimum absolute atomic E-state index is 0.104. The van der Waals surface area contributed by atoms with Crippen molar-refractivity contribution < 1.29 is 19.4 Å². The number of aldehydes is 1. The van der Waals surface area contributed by atoms with Crippen molar-refractivity contribution in [3.8, 4) is 0 Å². The van der Waals surface area contributed by atoms with Gasteiger partial charge in [-0.25, -0.2) is 0 Å². The molecular weight excluding hydrogens is 560 g/mol. The molecule has 7 aliphatic rings. The van der Waals surface area contributed by atoms with Gasteiger partial charge in [-0.15, -0.1) is 0 Å². The Labute approximate surface area is 272 Å². The number of hydrogen-bond donors (Lipinski definition) is 2. The van der Waals surface area contributed by atoms with Crippen LogP contribution in [0.3, 0.4) is 0 Å². The van der Waals surface area contributed by atoms with Gasteiger partial charge in [0.25, 0.3) is 0 Å². The van der Waals surface area contributed by atoms with Crippen LogP contribution in [0.15, 0.2) is 11.6 Å². The van der Waals surface area contributed by atoms with Gasteiger partial charge in [0.1, 0.15) is 11.7 Å². The van der Waals surface area contributed by atoms with E-state index in [9.17, 15) is 14.7 Å². The Hall–Kier alpha value is -1.24. The van der Waals surface area contributed by atoms with Gasteiger partial charge >= 0.3 is 5.97 Å². The van der Waals surface area contributed by atoms with Crippen LogP contribution in [0, 0.1) is 57.7 Å². The number of rotatable bonds is 10. The van der Waals surface area contributed by atoms with Crippen LogP contribution < -0.4 is 5.32 Å². The number of carboxylic acids is 1. The first kappa shape index (κ1) is 32.3. The molecule has 6 unspecified atom stereocenters. The maximum atomic E-state index is 14.1. The van der Waals surface area contributed by atoms with Crippen LogP contribution in [0.1, 0.15) is 117 Å². The van der Waals surface area contributed by atoms with E-state index in [0.717, 1.165) is 50.9 Å². The van der Waals surface area contributed by atoms with Crippen molar-refractivity contribution in [1.29, 1.82) is 0 Å². The third kappa shape index (κ3) is 4.79. The highest BCUT2D eigenvalue weighted by atomic mass is 16.5. The zero-order chi connectivity index (χ0) is 31.4. The van der Waals surface area contributed by atoms with Crippen LogP contribution >= 0.6 is 0 Å². The molecule has 4 saturated carbocycles. The molecule has 5 aliphatic carbocycles. The van der Waals surface area contributed by atoms with E-state index >= 15 is 0 Å². The lowest BCUT2D eigenvalue weighted by atomic mass is 9.41. The summed E-state index contributed by atoms with van der Waals surface area (Å²) < 4.78 is 7.41. The topological polar surface area (TPSA) is 78.9 Å². The molecule has 252 valence electrons. The molecule has 2 N–H and O–H groups in total. The van der Waals surface area contributed by atoms with Gasteiger partial charge in [-0.3, -0.25) is 4.79 Å². The first-order valence-corrected chi connectivity index (χ1v) is 19.3. The molecule has 6 fully saturated rings. The van der Waals surface area contributed by atoms with Crippen molar-refractivity contribution in [2.24, 2.45) is 57.7 Å². The van der Waals surface area contributed by atoms with E-state index in [1.165, 1.54) is 83.6 Å². The Balaban J connectivity index is 1.21. The maximum Gasteiger partial charge on any atom is 0.315 e. The number of hydrogen-bond acceptors (Lipinski definition) is 5. The van der Waals surface area contributed by atoms with E-state index in [2.05, 4.69) is 37.1 Å². The second-order valence-electron chi connectivity index (χ2n) is 17.1. The predicted molar refractivity (Wildman–Crippen MR) is 178 cm³/mol. The summed E-state index contributed by atoms with van der Waals surface area (Å²) in [6.07, 6.45) is 21.5. The molecule has 0 radical (unpaired) electrons. The van der Waals surface area contributed by atoms with E-state index in [1.54, 1.807) is 0 Å². The fourth-order valence-electron chi connectivity index (χ4n) is 13.2. The van der Waals surface area contributed by atoms with E-state index in [-0.39, 0.29) is 30.0 Å². The smallest absolute Gasteiger partial charge is 0.315 e. The summed E-state index contributed by atoms with van der Waals surface area (Å²) in [5, 5.41) is 15.4. The lowest BCUT2D eigenvalue weighted by Crippen LogP contribution is -2.65. The van der Waals surface area contributed by atoms with Crippen molar-refractivity contribution in [1.82, 2.24) is 10.2 Å². The van der Waals surface area contributed by atoms with Gasteiger partial charge < -0.3 is 24.9 Å². The molecule has 10 atom stereocenters. The SMILES string of the molecule is CC(C)C1=CC2CC3(C=O)[C@@H]4CC[C@@H](C)[C@H]4CC2(C2CC(C4CCCCCC4)C(CNCCN4CCCCCC4)O2)[C@]13C(=O)O. The minimum Gasteiger partial charge on any atom is -0.481 e. The summed E-state index contributed by atoms with van der Waals surface area (Å²) in [7, 11) is 0. The highest BCUT2D eigenvalue weighted by Gasteiger charge is 2.86. The number of nitrogens with one attached hydrogen (secondary N) is 1. The molecule has 7 rings (SSSR count). The van der Waals surface area contributed by atoms with Gasteiger partial charge in [-0.2, -0.15) is 0 Å². The first-order chi connectivity index (χ1) is 21.8. The number of likely N-dealkylation sites (tertiary alicyclic amines) is 1. The predicted octanol–water partition coefficient (Wildman–Crippen LogP) is 7.12. The minimum atomic E-state index is -1.14. The zero-order valence-electron chi connectivity index (χ0n) is 28.6. The van der Waals surface area contributed by atoms with Crippen LogP contribution in [0.2, 0.25) is 0 Å². The highest BCUT2D eigenvalue weighted by Crippen LogP contribution is 2.84. The summed E-state index contributed by atoms with van der Waals surface area (Å²) in [6.45, 7) is 12.1. The Bertz CT molecular complexity index is 1120. The Morgan fingerprint density at radius 2 is 1.73 bits per heavy atom. The van der Waals surface area contributed by atoms with E-state index < -0.39 is 22.2 Å². The maximum absolute atomic E-state index is 14.1. The van der Waals surface area contributed by atoms with Gasteiger partial charge in [0.05, 0.1) is 17.6 Å². The first-order valence-electron chi connectivity index (χ1n) is 19.3. The van der Waals surface area contributed by atoms with Crippen LogP contribution in [-0.2, 0) is 14.3 Å². The average molecular weight is 623 g/mol. The molecule has 0 amide bonds. The third-order valence-corrected chi connectivity index (χ3v) is 15.0. The standard InChI is InChI=1S/C39H62N2O4/c1-26(2)33-20-29-22-37(25-42)32-15-14-27(3)31(32)23-38(29,39(33,37)36(43)44)35-21-30(28-12-8-4-5-9-13-28)34(45-35)24-40-16-19-41-17-10-6-7-11-18-41/h20,25-32,34-35,40H,4-19,21-24H2,1-3H3,(H,43,44)/t27-,29?,30?,31-,32-,34?,35?,37?,38?,39+/m1/s1. The molecule has 0 aromatic rings. The van der Waals surface area contributed by atoms with Crippen LogP contribution in [0.4, 0.5) is 0 Å². The molecule has 6 nitrogen and oxygen atoms in total. The molecule has 6 heteroatoms. The van der Waals surface area contributed by atoms with Crippen molar-refractivity contribution in [2.75, 3.05) is 32.7 Å². The summed E-state index contributed by atoms with van der Waals surface area (Å²) >= 11 is 0. The second kappa shape index (κ2) is 12.7. The number of nitrogens with zero attached hydrogens (tertiary/aromatic N) is 1. The Morgan fingerprint density at radius 3 is 2.40 bits per heavy atom. The van der Waals surface area contributed by atoms with E-state index in [0.29, 0.717) is 30.1 Å². The van der Waals surface area contributed by atoms with E-state index in [1.807, 2.05) is 0 Å². The zero-order valence-corrected chi connectivity index (χ0v) is 28.6. The molecule has 0 aromatic heterocycles. The number of aliphatic carboxylic acids is 1. The average Bonchev–Trinajstić information content (AvgIpc) is 3.57. The lowest BCUT2D eigenvalue weighted by molar-refractivity contribution is -0.197. The second-order valence-corrected chi connectivity index (χ2v) is 17.1. The van der Waals surface area contributed by atoms with Gasteiger partial charge in [0.2, 0.25) is 0 Å². The molecule has 2 saturated heterocycles. The molecule has 0 spiro atoms. The highest BCUT2D eigenvalue weighted by molar-refractivity contribution is 5.90. The molecule has 45 heavy (non-hydrogen) atoms. The van der Waals surface area contributed by atoms with Crippen LogP contribution in [0.25, 0.3) is 0 Å². The molecule has 2 aliphatic heterocycles. The van der Waals surface area contributed by atoms with Crippen molar-refractivity contribution in [3.63, 3.8) is 0 Å². The summed E-state index contributed by atoms with van der Waals surface area (Å²) in [5.41, 5.74) is -1.43. The summed E-state index contributed by atoms with van der Waals surface area (Å²) in [6, 6.07) is 0. The molecular formula is C39H62N2O4. The fourth-order valence-corrected chi connectivity index (χ4v) is 13.2. The summed E-state index contributed by atoms with van der Waals surface area (Å²) in [5.74, 6) is 1.73. The van der Waals surface area contributed by atoms with Crippen molar-refractivity contribution in [2.45, 2.75) is 129 Å². The van der Waals surface area contributed by atoms with Crippen LogP contribution in [0.5, 0.6) is 0 Å². The molecule has 0 aromatic carbocycles. The largest absolute Gasteiger partial charge is 0.481 e. The lowest BCUT2D eigenvalue weighted by Gasteiger charge is -2.60. The van der Waals surface area contributed by atoms with Gasteiger partial charge in [0.15, 0.2) is 0 Å². The Morgan fingerprint density at radius 1 is 1.02 bits per heavy atom. The number of carbonyl (C=O) groups is 2. The van der Waals surface area contributed by atoms with E-state index in [4.69, 9.17) is 4.74 Å². The third-order valence-electron chi connectivity index (χ3n) is 15.0. The quantitative estimate of drug-likeness (QED) is 0.117. The van der Waals surface area contributed by atoms with Crippen molar-refractivity contribution >= 4 is 12.3 Å². The number of fused-ring (bicyclic) bond motifs is 2. The van der Waals surface area contributed by atoms with Gasteiger partial charge in [0, 0.05) is 25.0 Å². The number of allylic oxidation sites excluding steroid dienone is 1. The van der Waals surface area contributed by atoms with Crippen LogP contribution in [-0.4, -0.2) is 67.2 Å². The molecule has 2 heterocycles. The van der Waals surface area contributed by atoms with Gasteiger partial charge in [-0.05, 0) is 93.0 Å². The monoisotopic (exact) mass is 622 g/mol. The van der Waals surface area contributed by atoms with Crippen molar-refractivity contribution in [3.05, 3.63) is 11.6 Å². The number of ether oxygens (including phenoxy) is 1. The molecule has 4 bridgehead atoms. The summed E-state index contributed by atoms with van der Waals surface area (Å²) in [4.78, 5) is 30.4. The number of carbonyl (C=O) groups excluding carboxylic acids is 1.